The largest absolute Gasteiger partial charge is 0.252 e. The second-order valence-corrected chi connectivity index (χ2v) is 3.31. The number of nitriles is 1. The van der Waals surface area contributed by atoms with Gasteiger partial charge in [-0.3, -0.25) is 4.98 Å². The molecule has 2 rings (SSSR count). The Kier molecular flexibility index (Phi) is 5.12. The van der Waals surface area contributed by atoms with Crippen molar-refractivity contribution in [2.75, 3.05) is 0 Å². The fourth-order valence-electron chi connectivity index (χ4n) is 1.24. The standard InChI is InChI=1S/C11H6ClN3.C2H6/c12-9-3-1-8(2-4-9)11-10(7-13)14-5-6-15-11;1-2/h1-6H;1-2H3. The second-order valence-electron chi connectivity index (χ2n) is 2.87. The molecular weight excluding hydrogens is 234 g/mol. The molecule has 0 spiro atoms. The van der Waals surface area contributed by atoms with Crippen LogP contribution in [-0.2, 0) is 0 Å². The maximum atomic E-state index is 8.86. The normalized spacial score (nSPS) is 8.82. The predicted molar refractivity (Wildman–Crippen MR) is 68.5 cm³/mol. The Hall–Kier alpha value is -1.92. The van der Waals surface area contributed by atoms with E-state index in [9.17, 15) is 0 Å². The molecule has 1 aromatic carbocycles. The molecule has 0 bridgehead atoms. The first-order valence-electron chi connectivity index (χ1n) is 5.28. The monoisotopic (exact) mass is 245 g/mol. The molecule has 4 heteroatoms. The van der Waals surface area contributed by atoms with Crippen LogP contribution in [0.4, 0.5) is 0 Å². The Bertz CT molecular complexity index is 515. The summed E-state index contributed by atoms with van der Waals surface area (Å²) < 4.78 is 0. The first-order chi connectivity index (χ1) is 8.31. The Morgan fingerprint density at radius 1 is 1.06 bits per heavy atom. The van der Waals surface area contributed by atoms with E-state index in [0.717, 1.165) is 5.56 Å². The van der Waals surface area contributed by atoms with Crippen LogP contribution in [0.25, 0.3) is 11.3 Å². The van der Waals surface area contributed by atoms with E-state index in [4.69, 9.17) is 16.9 Å². The summed E-state index contributed by atoms with van der Waals surface area (Å²) in [7, 11) is 0. The average Bonchev–Trinajstić information content (AvgIpc) is 2.42. The van der Waals surface area contributed by atoms with E-state index >= 15 is 0 Å². The van der Waals surface area contributed by atoms with Crippen LogP contribution in [0.5, 0.6) is 0 Å². The van der Waals surface area contributed by atoms with Crippen molar-refractivity contribution in [2.45, 2.75) is 13.8 Å². The molecule has 0 aliphatic carbocycles. The number of hydrogen-bond donors (Lipinski definition) is 0. The van der Waals surface area contributed by atoms with Gasteiger partial charge in [0, 0.05) is 23.0 Å². The molecule has 0 N–H and O–H groups in total. The smallest absolute Gasteiger partial charge is 0.166 e. The zero-order chi connectivity index (χ0) is 12.7. The quantitative estimate of drug-likeness (QED) is 0.770. The lowest BCUT2D eigenvalue weighted by atomic mass is 10.1. The average molecular weight is 246 g/mol. The molecule has 3 nitrogen and oxygen atoms in total. The minimum atomic E-state index is 0.319. The SMILES string of the molecule is CC.N#Cc1nccnc1-c1ccc(Cl)cc1. The minimum absolute atomic E-state index is 0.319. The molecule has 86 valence electrons. The zero-order valence-electron chi connectivity index (χ0n) is 9.68. The van der Waals surface area contributed by atoms with E-state index in [-0.39, 0.29) is 0 Å². The molecule has 0 saturated carbocycles. The van der Waals surface area contributed by atoms with Gasteiger partial charge in [-0.05, 0) is 12.1 Å². The van der Waals surface area contributed by atoms with E-state index in [1.807, 2.05) is 32.0 Å². The van der Waals surface area contributed by atoms with Crippen molar-refractivity contribution in [2.24, 2.45) is 0 Å². The van der Waals surface area contributed by atoms with E-state index in [1.165, 1.54) is 6.20 Å². The fourth-order valence-corrected chi connectivity index (χ4v) is 1.36. The highest BCUT2D eigenvalue weighted by molar-refractivity contribution is 6.30. The predicted octanol–water partition coefficient (Wildman–Crippen LogP) is 3.69. The van der Waals surface area contributed by atoms with Gasteiger partial charge >= 0.3 is 0 Å². The van der Waals surface area contributed by atoms with Crippen molar-refractivity contribution < 1.29 is 0 Å². The Balaban J connectivity index is 0.000000686. The van der Waals surface area contributed by atoms with Crippen LogP contribution in [0.3, 0.4) is 0 Å². The van der Waals surface area contributed by atoms with Gasteiger partial charge in [-0.25, -0.2) is 4.98 Å². The lowest BCUT2D eigenvalue weighted by molar-refractivity contribution is 1.17. The molecule has 1 aromatic heterocycles. The summed E-state index contributed by atoms with van der Waals surface area (Å²) in [6.07, 6.45) is 3.06. The lowest BCUT2D eigenvalue weighted by Crippen LogP contribution is -1.91. The summed E-state index contributed by atoms with van der Waals surface area (Å²) in [5, 5.41) is 9.51. The third-order valence-electron chi connectivity index (χ3n) is 1.92. The highest BCUT2D eigenvalue weighted by Crippen LogP contribution is 2.20. The maximum absolute atomic E-state index is 8.86. The summed E-state index contributed by atoms with van der Waals surface area (Å²) in [6.45, 7) is 4.00. The first-order valence-corrected chi connectivity index (χ1v) is 5.66. The van der Waals surface area contributed by atoms with E-state index < -0.39 is 0 Å². The Morgan fingerprint density at radius 2 is 1.65 bits per heavy atom. The highest BCUT2D eigenvalue weighted by Gasteiger charge is 2.06. The molecule has 0 atom stereocenters. The highest BCUT2D eigenvalue weighted by atomic mass is 35.5. The van der Waals surface area contributed by atoms with Crippen LogP contribution in [-0.4, -0.2) is 9.97 Å². The van der Waals surface area contributed by atoms with Crippen LogP contribution in [0.15, 0.2) is 36.7 Å². The summed E-state index contributed by atoms with van der Waals surface area (Å²) in [6, 6.07) is 9.14. The first kappa shape index (κ1) is 13.1. The van der Waals surface area contributed by atoms with Crippen LogP contribution in [0.1, 0.15) is 19.5 Å². The zero-order valence-corrected chi connectivity index (χ0v) is 10.4. The molecule has 17 heavy (non-hydrogen) atoms. The maximum Gasteiger partial charge on any atom is 0.166 e. The van der Waals surface area contributed by atoms with Gasteiger partial charge in [0.1, 0.15) is 11.8 Å². The molecule has 0 fully saturated rings. The van der Waals surface area contributed by atoms with Crippen molar-refractivity contribution in [3.8, 4) is 17.3 Å². The second kappa shape index (κ2) is 6.62. The number of rotatable bonds is 1. The van der Waals surface area contributed by atoms with Crippen molar-refractivity contribution in [1.82, 2.24) is 9.97 Å². The minimum Gasteiger partial charge on any atom is -0.252 e. The molecule has 0 aliphatic heterocycles. The van der Waals surface area contributed by atoms with Crippen LogP contribution >= 0.6 is 11.6 Å². The van der Waals surface area contributed by atoms with Crippen molar-refractivity contribution in [3.63, 3.8) is 0 Å². The lowest BCUT2D eigenvalue weighted by Gasteiger charge is -2.01. The van der Waals surface area contributed by atoms with Gasteiger partial charge in [0.25, 0.3) is 0 Å². The number of nitrogens with zero attached hydrogens (tertiary/aromatic N) is 3. The number of hydrogen-bond acceptors (Lipinski definition) is 3. The van der Waals surface area contributed by atoms with Gasteiger partial charge in [0.2, 0.25) is 0 Å². The molecule has 1 heterocycles. The van der Waals surface area contributed by atoms with Gasteiger partial charge in [-0.2, -0.15) is 5.26 Å². The molecular formula is C13H12ClN3. The van der Waals surface area contributed by atoms with Gasteiger partial charge in [0.15, 0.2) is 5.69 Å². The Labute approximate surface area is 106 Å². The molecule has 0 amide bonds. The number of benzene rings is 1. The third kappa shape index (κ3) is 3.27. The Morgan fingerprint density at radius 3 is 2.24 bits per heavy atom. The summed E-state index contributed by atoms with van der Waals surface area (Å²) >= 11 is 5.77. The molecule has 0 radical (unpaired) electrons. The van der Waals surface area contributed by atoms with Crippen LogP contribution < -0.4 is 0 Å². The fraction of sp³-hybridized carbons (Fsp3) is 0.154. The van der Waals surface area contributed by atoms with Crippen LogP contribution in [0.2, 0.25) is 5.02 Å². The van der Waals surface area contributed by atoms with Crippen molar-refractivity contribution in [3.05, 3.63) is 47.4 Å². The third-order valence-corrected chi connectivity index (χ3v) is 2.17. The molecule has 0 aliphatic rings. The van der Waals surface area contributed by atoms with E-state index in [0.29, 0.717) is 16.4 Å². The number of halogens is 1. The van der Waals surface area contributed by atoms with Gasteiger partial charge in [-0.15, -0.1) is 0 Å². The van der Waals surface area contributed by atoms with Gasteiger partial charge < -0.3 is 0 Å². The van der Waals surface area contributed by atoms with Crippen LogP contribution in [0, 0.1) is 11.3 Å². The van der Waals surface area contributed by atoms with Crippen molar-refractivity contribution in [1.29, 1.82) is 5.26 Å². The van der Waals surface area contributed by atoms with E-state index in [1.54, 1.807) is 18.3 Å². The van der Waals surface area contributed by atoms with Gasteiger partial charge in [0.05, 0.1) is 0 Å². The molecule has 0 saturated heterocycles. The topological polar surface area (TPSA) is 49.6 Å². The summed E-state index contributed by atoms with van der Waals surface area (Å²) in [5.41, 5.74) is 1.74. The number of aromatic nitrogens is 2. The van der Waals surface area contributed by atoms with Gasteiger partial charge in [-0.1, -0.05) is 37.6 Å². The summed E-state index contributed by atoms with van der Waals surface area (Å²) in [5.74, 6) is 0. The van der Waals surface area contributed by atoms with E-state index in [2.05, 4.69) is 9.97 Å². The molecule has 2 aromatic rings. The summed E-state index contributed by atoms with van der Waals surface area (Å²) in [4.78, 5) is 8.06. The van der Waals surface area contributed by atoms with Crippen molar-refractivity contribution >= 4 is 11.6 Å². The molecule has 0 unspecified atom stereocenters.